The zero-order valence-corrected chi connectivity index (χ0v) is 19.0. The molecule has 2 amide bonds. The summed E-state index contributed by atoms with van der Waals surface area (Å²) in [5.74, 6) is -1.02. The molecule has 2 atom stereocenters. The molecule has 1 fully saturated rings. The fourth-order valence-corrected chi connectivity index (χ4v) is 3.87. The number of amides is 2. The fraction of sp³-hybridized carbons (Fsp3) is 0.333. The number of cyclic esters (lactones) is 1. The van der Waals surface area contributed by atoms with E-state index in [2.05, 4.69) is 10.3 Å². The predicted octanol–water partition coefficient (Wildman–Crippen LogP) is 1.92. The number of nitrogens with zero attached hydrogens (tertiary/aromatic N) is 3. The number of ketones is 1. The molecule has 0 aliphatic carbocycles. The summed E-state index contributed by atoms with van der Waals surface area (Å²) < 4.78 is 21.9. The second kappa shape index (κ2) is 10.2. The average molecular weight is 484 g/mol. The Balaban J connectivity index is 1.51. The molecule has 0 bridgehead atoms. The maximum Gasteiger partial charge on any atom is 0.414 e. The molecular weight excluding hydrogens is 459 g/mol. The molecule has 1 saturated heterocycles. The quantitative estimate of drug-likeness (QED) is 0.395. The van der Waals surface area contributed by atoms with Crippen molar-refractivity contribution in [1.82, 2.24) is 14.7 Å². The first-order valence-electron chi connectivity index (χ1n) is 11.1. The van der Waals surface area contributed by atoms with E-state index >= 15 is 4.39 Å². The van der Waals surface area contributed by atoms with Gasteiger partial charge in [-0.05, 0) is 42.3 Å². The van der Waals surface area contributed by atoms with E-state index in [-0.39, 0.29) is 37.6 Å². The third-order valence-electron chi connectivity index (χ3n) is 5.74. The second-order valence-electron chi connectivity index (χ2n) is 8.30. The summed E-state index contributed by atoms with van der Waals surface area (Å²) in [7, 11) is 0. The topological polar surface area (TPSA) is 133 Å². The number of aromatic nitrogens is 2. The van der Waals surface area contributed by atoms with E-state index in [1.54, 1.807) is 34.9 Å². The average Bonchev–Trinajstić information content (AvgIpc) is 3.43. The third-order valence-corrected chi connectivity index (χ3v) is 5.74. The highest BCUT2D eigenvalue weighted by molar-refractivity contribution is 5.95. The van der Waals surface area contributed by atoms with Crippen molar-refractivity contribution in [2.75, 3.05) is 24.6 Å². The van der Waals surface area contributed by atoms with Crippen LogP contribution in [0.4, 0.5) is 14.9 Å². The summed E-state index contributed by atoms with van der Waals surface area (Å²) in [6.45, 7) is 1.32. The van der Waals surface area contributed by atoms with Crippen molar-refractivity contribution >= 4 is 29.1 Å². The molecule has 2 aromatic heterocycles. The van der Waals surface area contributed by atoms with E-state index in [4.69, 9.17) is 9.84 Å². The lowest BCUT2D eigenvalue weighted by molar-refractivity contribution is -0.119. The Morgan fingerprint density at radius 1 is 1.31 bits per heavy atom. The number of hydrogen-bond donors (Lipinski definition) is 3. The number of carbonyl (C=O) groups excluding carboxylic acids is 3. The van der Waals surface area contributed by atoms with Gasteiger partial charge in [-0.15, -0.1) is 0 Å². The number of pyridine rings is 1. The summed E-state index contributed by atoms with van der Waals surface area (Å²) in [4.78, 5) is 41.3. The zero-order valence-electron chi connectivity index (χ0n) is 19.0. The molecule has 3 N–H and O–H groups in total. The first kappa shape index (κ1) is 24.3. The second-order valence-corrected chi connectivity index (χ2v) is 8.30. The highest BCUT2D eigenvalue weighted by atomic mass is 19.1. The molecule has 0 saturated carbocycles. The van der Waals surface area contributed by atoms with Gasteiger partial charge in [0.1, 0.15) is 23.3 Å². The Hall–Kier alpha value is -3.83. The number of benzene rings is 1. The molecule has 3 aromatic rings. The van der Waals surface area contributed by atoms with Gasteiger partial charge in [-0.25, -0.2) is 14.2 Å². The minimum atomic E-state index is -0.957. The van der Waals surface area contributed by atoms with Gasteiger partial charge < -0.3 is 20.3 Å². The van der Waals surface area contributed by atoms with E-state index < -0.39 is 30.7 Å². The minimum absolute atomic E-state index is 0.0535. The molecule has 4 rings (SSSR count). The Morgan fingerprint density at radius 2 is 2.11 bits per heavy atom. The number of ether oxygens (including phenoxy) is 1. The van der Waals surface area contributed by atoms with Crippen molar-refractivity contribution in [3.63, 3.8) is 0 Å². The van der Waals surface area contributed by atoms with Gasteiger partial charge in [-0.3, -0.25) is 18.9 Å². The van der Waals surface area contributed by atoms with Crippen LogP contribution in [0.1, 0.15) is 30.3 Å². The van der Waals surface area contributed by atoms with E-state index in [1.165, 1.54) is 24.1 Å². The van der Waals surface area contributed by atoms with Gasteiger partial charge in [-0.1, -0.05) is 0 Å². The highest BCUT2D eigenvalue weighted by Gasteiger charge is 2.32. The Kier molecular flexibility index (Phi) is 7.08. The summed E-state index contributed by atoms with van der Waals surface area (Å²) in [5.41, 5.74) is 1.94. The van der Waals surface area contributed by atoms with Gasteiger partial charge in [0.05, 0.1) is 37.7 Å². The van der Waals surface area contributed by atoms with Crippen LogP contribution >= 0.6 is 0 Å². The van der Waals surface area contributed by atoms with Crippen LogP contribution < -0.4 is 10.2 Å². The van der Waals surface area contributed by atoms with E-state index in [0.29, 0.717) is 28.2 Å². The lowest BCUT2D eigenvalue weighted by Crippen LogP contribution is -2.33. The SMILES string of the molecule is CC(=O)NC[C@H]1CN(c2ccc(-c3ccn4c(C(=O)CC[C@H](O)CO)cnc4c3)c(F)c2)C(=O)O1. The number of carbonyl (C=O) groups is 3. The van der Waals surface area contributed by atoms with Crippen LogP contribution in [-0.4, -0.2) is 69.3 Å². The van der Waals surface area contributed by atoms with Crippen LogP contribution in [-0.2, 0) is 9.53 Å². The van der Waals surface area contributed by atoms with Crippen molar-refractivity contribution in [1.29, 1.82) is 0 Å². The van der Waals surface area contributed by atoms with Crippen molar-refractivity contribution < 1.29 is 33.7 Å². The van der Waals surface area contributed by atoms with Gasteiger partial charge in [0.25, 0.3) is 0 Å². The van der Waals surface area contributed by atoms with Crippen molar-refractivity contribution in [2.45, 2.75) is 32.0 Å². The maximum atomic E-state index is 15.0. The van der Waals surface area contributed by atoms with Crippen molar-refractivity contribution in [3.8, 4) is 11.1 Å². The van der Waals surface area contributed by atoms with Crippen LogP contribution in [0, 0.1) is 5.82 Å². The number of imidazole rings is 1. The van der Waals surface area contributed by atoms with Crippen LogP contribution in [0.3, 0.4) is 0 Å². The minimum Gasteiger partial charge on any atom is -0.442 e. The van der Waals surface area contributed by atoms with E-state index in [9.17, 15) is 19.5 Å². The third kappa shape index (κ3) is 5.31. The van der Waals surface area contributed by atoms with Crippen LogP contribution in [0.15, 0.2) is 42.7 Å². The monoisotopic (exact) mass is 484 g/mol. The number of anilines is 1. The number of Topliss-reactive ketones (excluding diaryl/α,β-unsaturated/α-hetero) is 1. The number of aliphatic hydroxyl groups excluding tert-OH is 2. The van der Waals surface area contributed by atoms with Crippen molar-refractivity contribution in [2.24, 2.45) is 0 Å². The van der Waals surface area contributed by atoms with Crippen LogP contribution in [0.2, 0.25) is 0 Å². The van der Waals surface area contributed by atoms with Crippen LogP contribution in [0.25, 0.3) is 16.8 Å². The number of rotatable bonds is 9. The number of aliphatic hydroxyl groups is 2. The van der Waals surface area contributed by atoms with E-state index in [0.717, 1.165) is 0 Å². The Labute approximate surface area is 199 Å². The molecule has 1 aliphatic rings. The first-order chi connectivity index (χ1) is 16.8. The summed E-state index contributed by atoms with van der Waals surface area (Å²) in [6.07, 6.45) is 1.12. The van der Waals surface area contributed by atoms with E-state index in [1.807, 2.05) is 0 Å². The van der Waals surface area contributed by atoms with Gasteiger partial charge in [-0.2, -0.15) is 0 Å². The molecule has 0 unspecified atom stereocenters. The number of nitrogens with one attached hydrogen (secondary N) is 1. The van der Waals surface area contributed by atoms with Gasteiger partial charge in [0, 0.05) is 25.1 Å². The summed E-state index contributed by atoms with van der Waals surface area (Å²) in [5, 5.41) is 21.0. The fourth-order valence-electron chi connectivity index (χ4n) is 3.87. The van der Waals surface area contributed by atoms with Crippen molar-refractivity contribution in [3.05, 3.63) is 54.2 Å². The largest absolute Gasteiger partial charge is 0.442 e. The standard InChI is InChI=1S/C24H25FN4O6/c1-14(31)26-10-18-12-29(24(34)35-18)16-2-4-19(20(25)9-16)15-6-7-28-21(11-27-23(28)8-15)22(33)5-3-17(32)13-30/h2,4,6-9,11,17-18,30,32H,3,5,10,12-13H2,1H3,(H,26,31)/t17-,18-/m0/s1. The molecule has 1 aliphatic heterocycles. The molecule has 1 aromatic carbocycles. The lowest BCUT2D eigenvalue weighted by atomic mass is 10.1. The molecule has 10 nitrogen and oxygen atoms in total. The Bertz CT molecular complexity index is 1280. The molecule has 184 valence electrons. The molecule has 11 heteroatoms. The lowest BCUT2D eigenvalue weighted by Gasteiger charge is -2.14. The van der Waals surface area contributed by atoms with Gasteiger partial charge in [0.2, 0.25) is 5.91 Å². The smallest absolute Gasteiger partial charge is 0.414 e. The number of halogens is 1. The Morgan fingerprint density at radius 3 is 2.83 bits per heavy atom. The summed E-state index contributed by atoms with van der Waals surface area (Å²) >= 11 is 0. The predicted molar refractivity (Wildman–Crippen MR) is 124 cm³/mol. The zero-order chi connectivity index (χ0) is 25.1. The number of fused-ring (bicyclic) bond motifs is 1. The molecular formula is C24H25FN4O6. The number of hydrogen-bond acceptors (Lipinski definition) is 7. The molecule has 3 heterocycles. The molecule has 35 heavy (non-hydrogen) atoms. The molecule has 0 radical (unpaired) electrons. The normalized spacial score (nSPS) is 16.4. The highest BCUT2D eigenvalue weighted by Crippen LogP contribution is 2.30. The van der Waals surface area contributed by atoms with Crippen LogP contribution in [0.5, 0.6) is 0 Å². The molecule has 0 spiro atoms. The van der Waals surface area contributed by atoms with Gasteiger partial charge in [0.15, 0.2) is 5.78 Å². The summed E-state index contributed by atoms with van der Waals surface area (Å²) in [6, 6.07) is 7.70. The maximum absolute atomic E-state index is 15.0. The van der Waals surface area contributed by atoms with Gasteiger partial charge >= 0.3 is 6.09 Å². The first-order valence-corrected chi connectivity index (χ1v) is 11.1.